The van der Waals surface area contributed by atoms with Crippen LogP contribution >= 0.6 is 35.6 Å². The molecule has 0 spiro atoms. The standard InChI is InChI=1S/C23H17ClFN3O4S3/c1-28(29)23(33)34-16-7-2-14(3-8-16)22-27-20(15-6-11-19(25)18(24)12-15)21(32-22)13-4-9-17(10-5-13)35(26,30)31/h2-12,29H,1H3,(H2,26,30,31). The summed E-state index contributed by atoms with van der Waals surface area (Å²) in [7, 11) is -2.42. The molecule has 0 bridgehead atoms. The lowest BCUT2D eigenvalue weighted by Crippen LogP contribution is -2.16. The summed E-state index contributed by atoms with van der Waals surface area (Å²) in [5, 5.41) is 15.4. The lowest BCUT2D eigenvalue weighted by molar-refractivity contribution is 0.0205. The van der Waals surface area contributed by atoms with E-state index in [-0.39, 0.29) is 20.1 Å². The van der Waals surface area contributed by atoms with Crippen LogP contribution in [-0.4, -0.2) is 35.0 Å². The zero-order valence-electron chi connectivity index (χ0n) is 18.0. The number of hydrogen-bond donors (Lipinski definition) is 2. The Labute approximate surface area is 215 Å². The van der Waals surface area contributed by atoms with E-state index >= 15 is 0 Å². The van der Waals surface area contributed by atoms with Crippen molar-refractivity contribution in [2.24, 2.45) is 5.14 Å². The highest BCUT2D eigenvalue weighted by molar-refractivity contribution is 8.22. The summed E-state index contributed by atoms with van der Waals surface area (Å²) in [5.74, 6) is 0.0484. The first-order valence-electron chi connectivity index (χ1n) is 9.87. The van der Waals surface area contributed by atoms with Crippen LogP contribution in [0.25, 0.3) is 34.0 Å². The Bertz CT molecular complexity index is 1510. The van der Waals surface area contributed by atoms with Gasteiger partial charge in [0.15, 0.2) is 10.1 Å². The van der Waals surface area contributed by atoms with Crippen molar-refractivity contribution >= 4 is 49.9 Å². The van der Waals surface area contributed by atoms with Crippen LogP contribution in [-0.2, 0) is 10.0 Å². The highest BCUT2D eigenvalue weighted by Crippen LogP contribution is 2.38. The molecule has 180 valence electrons. The lowest BCUT2D eigenvalue weighted by Gasteiger charge is -2.10. The van der Waals surface area contributed by atoms with Gasteiger partial charge in [0.2, 0.25) is 15.9 Å². The van der Waals surface area contributed by atoms with E-state index in [0.29, 0.717) is 28.1 Å². The van der Waals surface area contributed by atoms with Crippen LogP contribution in [0, 0.1) is 5.82 Å². The number of hydrogen-bond acceptors (Lipinski definition) is 7. The molecular weight excluding hydrogens is 533 g/mol. The monoisotopic (exact) mass is 549 g/mol. The van der Waals surface area contributed by atoms with Crippen LogP contribution in [0.1, 0.15) is 0 Å². The lowest BCUT2D eigenvalue weighted by atomic mass is 10.1. The predicted octanol–water partition coefficient (Wildman–Crippen LogP) is 5.81. The van der Waals surface area contributed by atoms with Crippen molar-refractivity contribution in [3.63, 3.8) is 0 Å². The zero-order chi connectivity index (χ0) is 25.3. The average Bonchev–Trinajstić information content (AvgIpc) is 3.26. The van der Waals surface area contributed by atoms with Crippen LogP contribution < -0.4 is 5.14 Å². The summed E-state index contributed by atoms with van der Waals surface area (Å²) in [6, 6.07) is 17.2. The number of oxazole rings is 1. The largest absolute Gasteiger partial charge is 0.435 e. The van der Waals surface area contributed by atoms with Crippen molar-refractivity contribution in [2.75, 3.05) is 7.05 Å². The van der Waals surface area contributed by atoms with E-state index in [1.54, 1.807) is 36.4 Å². The summed E-state index contributed by atoms with van der Waals surface area (Å²) in [6.07, 6.45) is 0. The Morgan fingerprint density at radius 3 is 2.26 bits per heavy atom. The molecule has 0 aliphatic carbocycles. The number of halogens is 2. The zero-order valence-corrected chi connectivity index (χ0v) is 21.2. The summed E-state index contributed by atoms with van der Waals surface area (Å²) in [4.78, 5) is 5.37. The van der Waals surface area contributed by atoms with E-state index in [0.717, 1.165) is 9.96 Å². The van der Waals surface area contributed by atoms with E-state index < -0.39 is 15.8 Å². The average molecular weight is 550 g/mol. The maximum atomic E-state index is 13.8. The first-order valence-corrected chi connectivity index (χ1v) is 13.0. The minimum atomic E-state index is -3.87. The van der Waals surface area contributed by atoms with E-state index in [4.69, 9.17) is 33.4 Å². The van der Waals surface area contributed by atoms with E-state index in [1.807, 2.05) is 0 Å². The molecule has 0 amide bonds. The molecule has 0 saturated heterocycles. The number of benzene rings is 3. The normalized spacial score (nSPS) is 11.5. The molecule has 0 saturated carbocycles. The van der Waals surface area contributed by atoms with Crippen LogP contribution in [0.2, 0.25) is 5.02 Å². The van der Waals surface area contributed by atoms with Crippen LogP contribution in [0.15, 0.2) is 80.9 Å². The summed E-state index contributed by atoms with van der Waals surface area (Å²) >= 11 is 12.3. The van der Waals surface area contributed by atoms with E-state index in [2.05, 4.69) is 4.98 Å². The third-order valence-corrected chi connectivity index (χ3v) is 7.52. The maximum Gasteiger partial charge on any atom is 0.238 e. The summed E-state index contributed by atoms with van der Waals surface area (Å²) in [5.41, 5.74) is 2.10. The van der Waals surface area contributed by atoms with Gasteiger partial charge in [-0.05, 0) is 66.7 Å². The summed E-state index contributed by atoms with van der Waals surface area (Å²) < 4.78 is 43.4. The Kier molecular flexibility index (Phi) is 7.27. The van der Waals surface area contributed by atoms with Crippen LogP contribution in [0.3, 0.4) is 0 Å². The predicted molar refractivity (Wildman–Crippen MR) is 137 cm³/mol. The van der Waals surface area contributed by atoms with Gasteiger partial charge in [-0.25, -0.2) is 28.0 Å². The molecule has 1 aromatic heterocycles. The van der Waals surface area contributed by atoms with Gasteiger partial charge in [0.25, 0.3) is 0 Å². The van der Waals surface area contributed by atoms with E-state index in [1.165, 1.54) is 49.1 Å². The Morgan fingerprint density at radius 1 is 1.09 bits per heavy atom. The number of sulfonamides is 1. The fourth-order valence-corrected chi connectivity index (χ4v) is 4.70. The molecule has 3 aromatic carbocycles. The minimum absolute atomic E-state index is 0.0492. The molecule has 4 aromatic rings. The Balaban J connectivity index is 1.78. The number of hydroxylamine groups is 2. The van der Waals surface area contributed by atoms with Gasteiger partial charge in [-0.15, -0.1) is 0 Å². The highest BCUT2D eigenvalue weighted by atomic mass is 35.5. The topological polar surface area (TPSA) is 110 Å². The van der Waals surface area contributed by atoms with Gasteiger partial charge in [0, 0.05) is 28.6 Å². The number of nitrogens with zero attached hydrogens (tertiary/aromatic N) is 2. The fraction of sp³-hybridized carbons (Fsp3) is 0.0435. The Morgan fingerprint density at radius 2 is 1.69 bits per heavy atom. The third kappa shape index (κ3) is 5.72. The molecule has 0 fully saturated rings. The van der Waals surface area contributed by atoms with Crippen LogP contribution in [0.5, 0.6) is 0 Å². The number of rotatable bonds is 5. The SMILES string of the molecule is CN(O)C(=S)Sc1ccc(-c2nc(-c3ccc(F)c(Cl)c3)c(-c3ccc(S(N)(=O)=O)cc3)o2)cc1. The molecule has 0 aliphatic rings. The molecule has 7 nitrogen and oxygen atoms in total. The van der Waals surface area contributed by atoms with Gasteiger partial charge >= 0.3 is 0 Å². The number of thiocarbonyl (C=S) groups is 1. The molecule has 1 heterocycles. The van der Waals surface area contributed by atoms with Gasteiger partial charge in [-0.2, -0.15) is 0 Å². The van der Waals surface area contributed by atoms with Gasteiger partial charge in [-0.3, -0.25) is 5.21 Å². The first kappa shape index (κ1) is 25.3. The third-order valence-electron chi connectivity index (χ3n) is 4.84. The van der Waals surface area contributed by atoms with Gasteiger partial charge in [0.1, 0.15) is 11.5 Å². The highest BCUT2D eigenvalue weighted by Gasteiger charge is 2.20. The van der Waals surface area contributed by atoms with Crippen molar-refractivity contribution in [3.05, 3.63) is 77.6 Å². The molecule has 0 atom stereocenters. The number of primary sulfonamides is 1. The Hall–Kier alpha value is -2.80. The van der Waals surface area contributed by atoms with Crippen molar-refractivity contribution in [2.45, 2.75) is 9.79 Å². The number of nitrogens with two attached hydrogens (primary N) is 1. The second-order valence-corrected chi connectivity index (χ2v) is 11.0. The molecule has 4 rings (SSSR count). The maximum absolute atomic E-state index is 13.8. The van der Waals surface area contributed by atoms with Gasteiger partial charge < -0.3 is 4.42 Å². The van der Waals surface area contributed by atoms with Crippen molar-refractivity contribution in [3.8, 4) is 34.0 Å². The molecule has 3 N–H and O–H groups in total. The molecule has 0 radical (unpaired) electrons. The van der Waals surface area contributed by atoms with Crippen LogP contribution in [0.4, 0.5) is 4.39 Å². The van der Waals surface area contributed by atoms with Gasteiger partial charge in [0.05, 0.1) is 9.92 Å². The number of aromatic nitrogens is 1. The number of thioether (sulfide) groups is 1. The molecule has 35 heavy (non-hydrogen) atoms. The molecule has 0 aliphatic heterocycles. The minimum Gasteiger partial charge on any atom is -0.435 e. The van der Waals surface area contributed by atoms with Crippen molar-refractivity contribution in [1.29, 1.82) is 0 Å². The fourth-order valence-electron chi connectivity index (χ4n) is 3.11. The molecule has 12 heteroatoms. The second-order valence-electron chi connectivity index (χ2n) is 7.31. The molecule has 0 unspecified atom stereocenters. The van der Waals surface area contributed by atoms with E-state index in [9.17, 15) is 18.0 Å². The van der Waals surface area contributed by atoms with Crippen molar-refractivity contribution < 1.29 is 22.4 Å². The van der Waals surface area contributed by atoms with Crippen molar-refractivity contribution in [1.82, 2.24) is 10.0 Å². The summed E-state index contributed by atoms with van der Waals surface area (Å²) in [6.45, 7) is 0. The second kappa shape index (κ2) is 10.1. The molecular formula is C23H17ClFN3O4S3. The van der Waals surface area contributed by atoms with Gasteiger partial charge in [-0.1, -0.05) is 35.6 Å². The quantitative estimate of drug-likeness (QED) is 0.182. The smallest absolute Gasteiger partial charge is 0.238 e. The first-order chi connectivity index (χ1) is 16.5.